The second-order valence-corrected chi connectivity index (χ2v) is 7.99. The van der Waals surface area contributed by atoms with Crippen molar-refractivity contribution in [2.24, 2.45) is 4.99 Å². The van der Waals surface area contributed by atoms with Gasteiger partial charge in [-0.2, -0.15) is 0 Å². The molecule has 0 bridgehead atoms. The first-order valence-corrected chi connectivity index (χ1v) is 10.9. The molecule has 1 amide bonds. The minimum atomic E-state index is -0.0364. The van der Waals surface area contributed by atoms with Gasteiger partial charge in [0.15, 0.2) is 5.17 Å². The first-order valence-electron chi connectivity index (χ1n) is 10.1. The Kier molecular flexibility index (Phi) is 5.91. The number of carbonyl (C=O) groups is 1. The summed E-state index contributed by atoms with van der Waals surface area (Å²) in [4.78, 5) is 20.0. The first kappa shape index (κ1) is 20.2. The highest BCUT2D eigenvalue weighted by Gasteiger charge is 2.30. The summed E-state index contributed by atoms with van der Waals surface area (Å²) in [6, 6.07) is 20.1. The van der Waals surface area contributed by atoms with E-state index in [0.717, 1.165) is 34.2 Å². The van der Waals surface area contributed by atoms with Crippen LogP contribution in [0.5, 0.6) is 5.75 Å². The zero-order valence-corrected chi connectivity index (χ0v) is 18.2. The monoisotopic (exact) mass is 416 g/mol. The average Bonchev–Trinajstić information content (AvgIpc) is 3.03. The molecule has 0 unspecified atom stereocenters. The lowest BCUT2D eigenvalue weighted by Gasteiger charge is -2.10. The minimum absolute atomic E-state index is 0.0364. The van der Waals surface area contributed by atoms with Crippen molar-refractivity contribution in [3.63, 3.8) is 0 Å². The largest absolute Gasteiger partial charge is 0.493 e. The van der Waals surface area contributed by atoms with Crippen LogP contribution in [0.1, 0.15) is 25.0 Å². The molecule has 3 aromatic rings. The van der Waals surface area contributed by atoms with Gasteiger partial charge in [-0.15, -0.1) is 0 Å². The lowest BCUT2D eigenvalue weighted by atomic mass is 10.0. The van der Waals surface area contributed by atoms with Crippen molar-refractivity contribution in [2.45, 2.75) is 20.3 Å². The summed E-state index contributed by atoms with van der Waals surface area (Å²) in [5.41, 5.74) is 3.07. The number of fused-ring (bicyclic) bond motifs is 1. The third-order valence-electron chi connectivity index (χ3n) is 5.10. The Labute approximate surface area is 181 Å². The molecule has 0 aromatic heterocycles. The Morgan fingerprint density at radius 3 is 2.50 bits per heavy atom. The van der Waals surface area contributed by atoms with E-state index >= 15 is 0 Å². The van der Waals surface area contributed by atoms with Gasteiger partial charge in [0.2, 0.25) is 0 Å². The summed E-state index contributed by atoms with van der Waals surface area (Å²) < 4.78 is 5.77. The van der Waals surface area contributed by atoms with Crippen molar-refractivity contribution in [2.75, 3.05) is 13.7 Å². The fourth-order valence-corrected chi connectivity index (χ4v) is 4.49. The molecule has 4 rings (SSSR count). The molecule has 1 aliphatic heterocycles. The van der Waals surface area contributed by atoms with Crippen LogP contribution in [0.3, 0.4) is 0 Å². The van der Waals surface area contributed by atoms with Crippen LogP contribution in [-0.2, 0) is 11.2 Å². The molecular weight excluding hydrogens is 392 g/mol. The summed E-state index contributed by atoms with van der Waals surface area (Å²) in [6.07, 6.45) is 2.85. The Balaban J connectivity index is 1.73. The van der Waals surface area contributed by atoms with Crippen LogP contribution in [-0.4, -0.2) is 29.6 Å². The quantitative estimate of drug-likeness (QED) is 0.477. The molecule has 1 saturated heterocycles. The molecule has 4 nitrogen and oxygen atoms in total. The van der Waals surface area contributed by atoms with Crippen molar-refractivity contribution >= 4 is 45.4 Å². The number of carbonyl (C=O) groups excluding carboxylic acids is 1. The maximum absolute atomic E-state index is 12.9. The van der Waals surface area contributed by atoms with E-state index in [0.29, 0.717) is 16.7 Å². The molecule has 0 atom stereocenters. The van der Waals surface area contributed by atoms with E-state index in [1.807, 2.05) is 61.5 Å². The van der Waals surface area contributed by atoms with Gasteiger partial charge in [-0.05, 0) is 59.8 Å². The molecule has 30 heavy (non-hydrogen) atoms. The fraction of sp³-hybridized carbons (Fsp3) is 0.200. The molecule has 0 saturated carbocycles. The molecule has 5 heteroatoms. The Morgan fingerprint density at radius 2 is 1.73 bits per heavy atom. The van der Waals surface area contributed by atoms with Crippen LogP contribution in [0.25, 0.3) is 16.8 Å². The van der Waals surface area contributed by atoms with Crippen molar-refractivity contribution in [3.05, 3.63) is 76.7 Å². The molecular formula is C25H24N2O2S. The molecule has 0 radical (unpaired) electrons. The molecule has 1 aliphatic rings. The van der Waals surface area contributed by atoms with Crippen LogP contribution in [0.15, 0.2) is 70.6 Å². The van der Waals surface area contributed by atoms with Gasteiger partial charge in [0, 0.05) is 12.4 Å². The first-order chi connectivity index (χ1) is 14.6. The van der Waals surface area contributed by atoms with Crippen molar-refractivity contribution < 1.29 is 9.53 Å². The molecule has 152 valence electrons. The third kappa shape index (κ3) is 3.85. The number of thioether (sulfide) groups is 1. The van der Waals surface area contributed by atoms with Crippen molar-refractivity contribution in [3.8, 4) is 5.75 Å². The third-order valence-corrected chi connectivity index (χ3v) is 6.16. The van der Waals surface area contributed by atoms with Gasteiger partial charge < -0.3 is 4.74 Å². The van der Waals surface area contributed by atoms with E-state index in [9.17, 15) is 4.79 Å². The van der Waals surface area contributed by atoms with Crippen LogP contribution in [0, 0.1) is 0 Å². The number of aliphatic imine (C=N–C) groups is 1. The highest BCUT2D eigenvalue weighted by molar-refractivity contribution is 8.18. The Hall–Kier alpha value is -3.05. The van der Waals surface area contributed by atoms with Crippen molar-refractivity contribution in [1.29, 1.82) is 0 Å². The lowest BCUT2D eigenvalue weighted by Crippen LogP contribution is -2.23. The summed E-state index contributed by atoms with van der Waals surface area (Å²) in [6.45, 7) is 4.70. The van der Waals surface area contributed by atoms with Gasteiger partial charge in [-0.3, -0.25) is 9.69 Å². The maximum Gasteiger partial charge on any atom is 0.266 e. The number of benzene rings is 3. The zero-order chi connectivity index (χ0) is 21.1. The van der Waals surface area contributed by atoms with Crippen molar-refractivity contribution in [1.82, 2.24) is 4.90 Å². The predicted molar refractivity (Wildman–Crippen MR) is 126 cm³/mol. The lowest BCUT2D eigenvalue weighted by molar-refractivity contribution is -0.121. The van der Waals surface area contributed by atoms with Gasteiger partial charge >= 0.3 is 0 Å². The number of amides is 1. The highest BCUT2D eigenvalue weighted by atomic mass is 32.2. The van der Waals surface area contributed by atoms with Gasteiger partial charge in [-0.25, -0.2) is 4.99 Å². The van der Waals surface area contributed by atoms with Gasteiger partial charge in [0.05, 0.1) is 17.2 Å². The zero-order valence-electron chi connectivity index (χ0n) is 17.4. The van der Waals surface area contributed by atoms with E-state index in [2.05, 4.69) is 19.1 Å². The Morgan fingerprint density at radius 1 is 1.00 bits per heavy atom. The summed E-state index contributed by atoms with van der Waals surface area (Å²) >= 11 is 1.41. The second kappa shape index (κ2) is 8.76. The molecule has 1 heterocycles. The van der Waals surface area contributed by atoms with Gasteiger partial charge in [-0.1, -0.05) is 55.5 Å². The van der Waals surface area contributed by atoms with E-state index in [1.165, 1.54) is 17.3 Å². The summed E-state index contributed by atoms with van der Waals surface area (Å²) in [7, 11) is 1.78. The average molecular weight is 417 g/mol. The van der Waals surface area contributed by atoms with E-state index in [-0.39, 0.29) is 5.91 Å². The van der Waals surface area contributed by atoms with Gasteiger partial charge in [0.25, 0.3) is 5.91 Å². The van der Waals surface area contributed by atoms with Crippen LogP contribution >= 0.6 is 11.8 Å². The molecule has 0 N–H and O–H groups in total. The number of aryl methyl sites for hydroxylation is 1. The molecule has 0 aliphatic carbocycles. The SMILES string of the molecule is CCOc1ccc(/C=C2/SC(=Nc3ccccc3CC)N(C)C2=O)c2ccccc12. The number of likely N-dealkylation sites (N-methyl/N-ethyl adjacent to an activating group) is 1. The van der Waals surface area contributed by atoms with E-state index in [4.69, 9.17) is 9.73 Å². The number of nitrogens with zero attached hydrogens (tertiary/aromatic N) is 2. The number of para-hydroxylation sites is 1. The van der Waals surface area contributed by atoms with E-state index in [1.54, 1.807) is 11.9 Å². The standard InChI is InChI=1S/C25H24N2O2S/c1-4-17-10-6-9-13-21(17)26-25-27(3)24(28)23(30-25)16-18-14-15-22(29-5-2)20-12-8-7-11-19(18)20/h6-16H,4-5H2,1-3H3/b23-16+,26-25?. The number of hydrogen-bond donors (Lipinski definition) is 0. The molecule has 0 spiro atoms. The van der Waals surface area contributed by atoms with Crippen LogP contribution in [0.2, 0.25) is 0 Å². The maximum atomic E-state index is 12.9. The number of ether oxygens (including phenoxy) is 1. The normalized spacial score (nSPS) is 16.8. The van der Waals surface area contributed by atoms with Gasteiger partial charge in [0.1, 0.15) is 5.75 Å². The highest BCUT2D eigenvalue weighted by Crippen LogP contribution is 2.36. The fourth-order valence-electron chi connectivity index (χ4n) is 3.52. The number of hydrogen-bond acceptors (Lipinski definition) is 4. The van der Waals surface area contributed by atoms with Crippen LogP contribution in [0.4, 0.5) is 5.69 Å². The topological polar surface area (TPSA) is 41.9 Å². The minimum Gasteiger partial charge on any atom is -0.493 e. The number of amidine groups is 1. The van der Waals surface area contributed by atoms with Crippen LogP contribution < -0.4 is 4.74 Å². The van der Waals surface area contributed by atoms with E-state index < -0.39 is 0 Å². The predicted octanol–water partition coefficient (Wildman–Crippen LogP) is 6.03. The molecule has 1 fully saturated rings. The second-order valence-electron chi connectivity index (χ2n) is 6.98. The summed E-state index contributed by atoms with van der Waals surface area (Å²) in [5, 5.41) is 2.80. The smallest absolute Gasteiger partial charge is 0.266 e. The number of rotatable bonds is 5. The Bertz CT molecular complexity index is 1170. The molecule has 3 aromatic carbocycles. The summed E-state index contributed by atoms with van der Waals surface area (Å²) in [5.74, 6) is 0.821.